The molecule has 0 aromatic heterocycles. The smallest absolute Gasteiger partial charge is 0.238 e. The van der Waals surface area contributed by atoms with Gasteiger partial charge < -0.3 is 10.6 Å². The van der Waals surface area contributed by atoms with Gasteiger partial charge in [-0.25, -0.2) is 13.6 Å². The third-order valence-electron chi connectivity index (χ3n) is 2.59. The second kappa shape index (κ2) is 7.22. The number of benzene rings is 1. The lowest BCUT2D eigenvalue weighted by Crippen LogP contribution is -2.28. The van der Waals surface area contributed by atoms with Crippen molar-refractivity contribution in [2.24, 2.45) is 5.14 Å². The van der Waals surface area contributed by atoms with E-state index in [0.29, 0.717) is 25.9 Å². The number of primary sulfonamides is 1. The van der Waals surface area contributed by atoms with Crippen molar-refractivity contribution in [1.82, 2.24) is 10.6 Å². The van der Waals surface area contributed by atoms with E-state index in [1.807, 2.05) is 0 Å². The summed E-state index contributed by atoms with van der Waals surface area (Å²) in [5.74, 6) is -0.00416. The van der Waals surface area contributed by atoms with Crippen molar-refractivity contribution in [3.05, 3.63) is 29.8 Å². The van der Waals surface area contributed by atoms with Crippen LogP contribution < -0.4 is 15.8 Å². The molecule has 4 N–H and O–H groups in total. The summed E-state index contributed by atoms with van der Waals surface area (Å²) in [7, 11) is -1.85. The van der Waals surface area contributed by atoms with Crippen molar-refractivity contribution in [1.29, 1.82) is 0 Å². The van der Waals surface area contributed by atoms with Crippen LogP contribution in [0, 0.1) is 0 Å². The molecule has 0 saturated heterocycles. The Morgan fingerprint density at radius 3 is 2.37 bits per heavy atom. The van der Waals surface area contributed by atoms with E-state index >= 15 is 0 Å². The van der Waals surface area contributed by atoms with Gasteiger partial charge in [-0.1, -0.05) is 12.1 Å². The molecule has 0 saturated carbocycles. The van der Waals surface area contributed by atoms with Crippen molar-refractivity contribution in [3.63, 3.8) is 0 Å². The molecule has 0 unspecified atom stereocenters. The second-order valence-corrected chi connectivity index (χ2v) is 5.70. The zero-order valence-electron chi connectivity index (χ0n) is 10.8. The van der Waals surface area contributed by atoms with Crippen LogP contribution in [0.3, 0.4) is 0 Å². The molecular formula is C12H19N3O3S. The van der Waals surface area contributed by atoms with E-state index in [-0.39, 0.29) is 10.8 Å². The number of sulfonamides is 1. The Balaban J connectivity index is 2.40. The van der Waals surface area contributed by atoms with Gasteiger partial charge >= 0.3 is 0 Å². The number of nitrogens with one attached hydrogen (secondary N) is 2. The van der Waals surface area contributed by atoms with Crippen LogP contribution in [0.25, 0.3) is 0 Å². The highest BCUT2D eigenvalue weighted by molar-refractivity contribution is 7.89. The maximum atomic E-state index is 11.3. The fourth-order valence-electron chi connectivity index (χ4n) is 1.52. The molecule has 0 atom stereocenters. The van der Waals surface area contributed by atoms with Crippen LogP contribution in [-0.2, 0) is 21.2 Å². The minimum Gasteiger partial charge on any atom is -0.356 e. The van der Waals surface area contributed by atoms with Crippen LogP contribution in [-0.4, -0.2) is 34.5 Å². The number of hydrogen-bond acceptors (Lipinski definition) is 4. The van der Waals surface area contributed by atoms with E-state index in [2.05, 4.69) is 10.6 Å². The van der Waals surface area contributed by atoms with Crippen LogP contribution in [0.15, 0.2) is 29.2 Å². The fourth-order valence-corrected chi connectivity index (χ4v) is 2.03. The Morgan fingerprint density at radius 1 is 1.21 bits per heavy atom. The quantitative estimate of drug-likeness (QED) is 0.634. The summed E-state index contributed by atoms with van der Waals surface area (Å²) >= 11 is 0. The predicted molar refractivity (Wildman–Crippen MR) is 73.1 cm³/mol. The highest BCUT2D eigenvalue weighted by atomic mass is 32.2. The molecule has 0 radical (unpaired) electrons. The van der Waals surface area contributed by atoms with E-state index in [0.717, 1.165) is 5.56 Å². The molecular weight excluding hydrogens is 266 g/mol. The predicted octanol–water partition coefficient (Wildman–Crippen LogP) is -0.398. The summed E-state index contributed by atoms with van der Waals surface area (Å²) in [6, 6.07) is 6.32. The third kappa shape index (κ3) is 5.82. The SMILES string of the molecule is CNCCC(=O)NCCc1ccc(S(N)(=O)=O)cc1. The highest BCUT2D eigenvalue weighted by Gasteiger charge is 2.06. The molecule has 106 valence electrons. The zero-order valence-corrected chi connectivity index (χ0v) is 11.7. The second-order valence-electron chi connectivity index (χ2n) is 4.14. The molecule has 1 amide bonds. The van der Waals surface area contributed by atoms with Crippen LogP contribution in [0.1, 0.15) is 12.0 Å². The van der Waals surface area contributed by atoms with Crippen LogP contribution >= 0.6 is 0 Å². The first-order valence-corrected chi connectivity index (χ1v) is 7.51. The van der Waals surface area contributed by atoms with Gasteiger partial charge in [0.05, 0.1) is 4.90 Å². The molecule has 19 heavy (non-hydrogen) atoms. The van der Waals surface area contributed by atoms with Gasteiger partial charge in [-0.05, 0) is 31.2 Å². The van der Waals surface area contributed by atoms with Gasteiger partial charge in [0.25, 0.3) is 0 Å². The molecule has 1 aromatic carbocycles. The number of carbonyl (C=O) groups is 1. The summed E-state index contributed by atoms with van der Waals surface area (Å²) in [5.41, 5.74) is 0.946. The topological polar surface area (TPSA) is 101 Å². The van der Waals surface area contributed by atoms with E-state index in [1.54, 1.807) is 19.2 Å². The lowest BCUT2D eigenvalue weighted by molar-refractivity contribution is -0.120. The van der Waals surface area contributed by atoms with Crippen LogP contribution in [0.5, 0.6) is 0 Å². The van der Waals surface area contributed by atoms with Gasteiger partial charge in [0.2, 0.25) is 15.9 Å². The lowest BCUT2D eigenvalue weighted by Gasteiger charge is -2.06. The number of amides is 1. The van der Waals surface area contributed by atoms with Crippen molar-refractivity contribution in [3.8, 4) is 0 Å². The molecule has 1 aromatic rings. The van der Waals surface area contributed by atoms with Gasteiger partial charge in [-0.3, -0.25) is 4.79 Å². The first kappa shape index (κ1) is 15.6. The van der Waals surface area contributed by atoms with Gasteiger partial charge in [-0.15, -0.1) is 0 Å². The fraction of sp³-hybridized carbons (Fsp3) is 0.417. The first-order chi connectivity index (χ1) is 8.93. The molecule has 0 aliphatic carbocycles. The number of rotatable bonds is 7. The molecule has 0 aliphatic heterocycles. The van der Waals surface area contributed by atoms with E-state index in [9.17, 15) is 13.2 Å². The maximum absolute atomic E-state index is 11.3. The summed E-state index contributed by atoms with van der Waals surface area (Å²) in [5, 5.41) is 10.7. The normalized spacial score (nSPS) is 11.3. The van der Waals surface area contributed by atoms with E-state index in [1.165, 1.54) is 12.1 Å². The standard InChI is InChI=1S/C12H19N3O3S/c1-14-8-7-12(16)15-9-6-10-2-4-11(5-3-10)19(13,17)18/h2-5,14H,6-9H2,1H3,(H,15,16)(H2,13,17,18). The Hall–Kier alpha value is -1.44. The van der Waals surface area contributed by atoms with E-state index in [4.69, 9.17) is 5.14 Å². The lowest BCUT2D eigenvalue weighted by atomic mass is 10.1. The average molecular weight is 285 g/mol. The van der Waals surface area contributed by atoms with Crippen molar-refractivity contribution in [2.45, 2.75) is 17.7 Å². The van der Waals surface area contributed by atoms with Gasteiger partial charge in [0, 0.05) is 19.5 Å². The van der Waals surface area contributed by atoms with E-state index < -0.39 is 10.0 Å². The average Bonchev–Trinajstić information content (AvgIpc) is 2.36. The molecule has 0 bridgehead atoms. The molecule has 0 spiro atoms. The summed E-state index contributed by atoms with van der Waals surface area (Å²) in [4.78, 5) is 11.4. The molecule has 7 heteroatoms. The van der Waals surface area contributed by atoms with Gasteiger partial charge in [-0.2, -0.15) is 0 Å². The van der Waals surface area contributed by atoms with Gasteiger partial charge in [0.15, 0.2) is 0 Å². The molecule has 1 rings (SSSR count). The highest BCUT2D eigenvalue weighted by Crippen LogP contribution is 2.08. The Labute approximate surface area is 113 Å². The Bertz CT molecular complexity index is 512. The summed E-state index contributed by atoms with van der Waals surface area (Å²) in [6.07, 6.45) is 1.09. The van der Waals surface area contributed by atoms with Crippen molar-refractivity contribution in [2.75, 3.05) is 20.1 Å². The number of nitrogens with two attached hydrogens (primary N) is 1. The van der Waals surface area contributed by atoms with Crippen molar-refractivity contribution < 1.29 is 13.2 Å². The zero-order chi connectivity index (χ0) is 14.3. The summed E-state index contributed by atoms with van der Waals surface area (Å²) < 4.78 is 22.1. The van der Waals surface area contributed by atoms with Crippen molar-refractivity contribution >= 4 is 15.9 Å². The Morgan fingerprint density at radius 2 is 1.84 bits per heavy atom. The first-order valence-electron chi connectivity index (χ1n) is 5.96. The minimum atomic E-state index is -3.64. The third-order valence-corrected chi connectivity index (χ3v) is 3.52. The molecule has 0 aliphatic rings. The summed E-state index contributed by atoms with van der Waals surface area (Å²) in [6.45, 7) is 1.17. The number of hydrogen-bond donors (Lipinski definition) is 3. The van der Waals surface area contributed by atoms with Crippen LogP contribution in [0.2, 0.25) is 0 Å². The molecule has 6 nitrogen and oxygen atoms in total. The minimum absolute atomic E-state index is 0.00416. The van der Waals surface area contributed by atoms with Crippen LogP contribution in [0.4, 0.5) is 0 Å². The maximum Gasteiger partial charge on any atom is 0.238 e. The Kier molecular flexibility index (Phi) is 5.94. The molecule has 0 heterocycles. The van der Waals surface area contributed by atoms with Gasteiger partial charge in [0.1, 0.15) is 0 Å². The largest absolute Gasteiger partial charge is 0.356 e. The molecule has 0 fully saturated rings. The number of carbonyl (C=O) groups excluding carboxylic acids is 1. The monoisotopic (exact) mass is 285 g/mol.